The van der Waals surface area contributed by atoms with Crippen LogP contribution in [-0.2, 0) is 12.8 Å². The Balaban J connectivity index is 2.13. The summed E-state index contributed by atoms with van der Waals surface area (Å²) < 4.78 is 0. The quantitative estimate of drug-likeness (QED) is 0.720. The highest BCUT2D eigenvalue weighted by Crippen LogP contribution is 2.35. The first-order chi connectivity index (χ1) is 9.05. The van der Waals surface area contributed by atoms with E-state index in [1.165, 1.54) is 11.1 Å². The average Bonchev–Trinajstić information content (AvgIpc) is 2.39. The largest absolute Gasteiger partial charge is 0.0629 e. The lowest BCUT2D eigenvalue weighted by molar-refractivity contribution is 0.399. The number of rotatable bonds is 5. The van der Waals surface area contributed by atoms with Crippen molar-refractivity contribution in [1.29, 1.82) is 0 Å². The van der Waals surface area contributed by atoms with Gasteiger partial charge < -0.3 is 0 Å². The van der Waals surface area contributed by atoms with Gasteiger partial charge in [-0.05, 0) is 34.9 Å². The van der Waals surface area contributed by atoms with Gasteiger partial charge in [-0.3, -0.25) is 0 Å². The van der Waals surface area contributed by atoms with E-state index in [4.69, 9.17) is 0 Å². The van der Waals surface area contributed by atoms with E-state index in [1.54, 1.807) is 0 Å². The van der Waals surface area contributed by atoms with Crippen molar-refractivity contribution in [3.05, 3.63) is 71.8 Å². The molecule has 0 N–H and O–H groups in total. The van der Waals surface area contributed by atoms with E-state index < -0.39 is 0 Å². The van der Waals surface area contributed by atoms with Crippen LogP contribution in [0.25, 0.3) is 0 Å². The maximum atomic E-state index is 2.36. The Labute approximate surface area is 120 Å². The molecule has 0 bridgehead atoms. The maximum absolute atomic E-state index is 2.36. The first kappa shape index (κ1) is 14.1. The smallest absolute Gasteiger partial charge is 0.0160 e. The summed E-state index contributed by atoms with van der Waals surface area (Å²) in [6.45, 7) is 4.73. The summed E-state index contributed by atoms with van der Waals surface area (Å²) in [6.07, 6.45) is 2.32. The molecular formula is C18H23Si. The molecule has 99 valence electrons. The van der Waals surface area contributed by atoms with Crippen LogP contribution in [0, 0.1) is 5.92 Å². The molecule has 0 aromatic heterocycles. The minimum atomic E-state index is 0.353. The Bertz CT molecular complexity index is 441. The van der Waals surface area contributed by atoms with E-state index in [2.05, 4.69) is 84.8 Å². The zero-order chi connectivity index (χ0) is 13.7. The number of hydrogen-bond acceptors (Lipinski definition) is 0. The minimum Gasteiger partial charge on any atom is -0.0629 e. The van der Waals surface area contributed by atoms with Crippen LogP contribution in [0.1, 0.15) is 25.0 Å². The molecule has 0 unspecified atom stereocenters. The predicted octanol–water partition coefficient (Wildman–Crippen LogP) is 3.92. The van der Waals surface area contributed by atoms with E-state index in [9.17, 15) is 0 Å². The molecule has 0 atom stereocenters. The second kappa shape index (κ2) is 6.20. The lowest BCUT2D eigenvalue weighted by Crippen LogP contribution is -2.22. The SMILES string of the molecule is CC(C)([SiH2])C(Cc1ccccc1)Cc1ccccc1. The lowest BCUT2D eigenvalue weighted by Gasteiger charge is -2.31. The van der Waals surface area contributed by atoms with Crippen LogP contribution in [0.3, 0.4) is 0 Å². The van der Waals surface area contributed by atoms with Gasteiger partial charge in [-0.2, -0.15) is 0 Å². The molecule has 0 amide bonds. The summed E-state index contributed by atoms with van der Waals surface area (Å²) in [5.74, 6) is 0.677. The molecule has 1 heteroatoms. The Kier molecular flexibility index (Phi) is 4.59. The van der Waals surface area contributed by atoms with Crippen LogP contribution >= 0.6 is 0 Å². The summed E-state index contributed by atoms with van der Waals surface area (Å²) in [6, 6.07) is 21.7. The highest BCUT2D eigenvalue weighted by Gasteiger charge is 2.24. The summed E-state index contributed by atoms with van der Waals surface area (Å²) >= 11 is 0. The van der Waals surface area contributed by atoms with Crippen molar-refractivity contribution < 1.29 is 0 Å². The zero-order valence-electron chi connectivity index (χ0n) is 12.0. The molecule has 2 aromatic rings. The van der Waals surface area contributed by atoms with Gasteiger partial charge >= 0.3 is 0 Å². The first-order valence-electron chi connectivity index (χ1n) is 6.99. The fourth-order valence-electron chi connectivity index (χ4n) is 2.42. The molecule has 0 heterocycles. The summed E-state index contributed by atoms with van der Waals surface area (Å²) in [4.78, 5) is 0. The molecule has 0 aliphatic heterocycles. The standard InChI is InChI=1S/C18H23Si/c1-18(2,19)17(13-15-9-5-3-6-10-15)14-16-11-7-4-8-12-16/h3-12,17H,13-14,19H2,1-2H3. The van der Waals surface area contributed by atoms with Crippen molar-refractivity contribution in [2.45, 2.75) is 31.7 Å². The normalized spacial score (nSPS) is 11.8. The summed E-state index contributed by atoms with van der Waals surface area (Å²) in [5, 5.41) is 0.353. The molecule has 0 aliphatic rings. The fraction of sp³-hybridized carbons (Fsp3) is 0.333. The van der Waals surface area contributed by atoms with Gasteiger partial charge in [0.15, 0.2) is 0 Å². The van der Waals surface area contributed by atoms with Gasteiger partial charge in [0.2, 0.25) is 0 Å². The van der Waals surface area contributed by atoms with Crippen LogP contribution in [0.5, 0.6) is 0 Å². The van der Waals surface area contributed by atoms with E-state index in [0.717, 1.165) is 12.8 Å². The molecule has 0 spiro atoms. The topological polar surface area (TPSA) is 0 Å². The third kappa shape index (κ3) is 4.36. The first-order valence-corrected chi connectivity index (χ1v) is 7.69. The second-order valence-corrected chi connectivity index (χ2v) is 7.89. The lowest BCUT2D eigenvalue weighted by atomic mass is 9.83. The molecule has 0 fully saturated rings. The third-order valence-corrected chi connectivity index (χ3v) is 4.33. The molecule has 0 saturated heterocycles. The highest BCUT2D eigenvalue weighted by molar-refractivity contribution is 6.14. The molecule has 2 rings (SSSR count). The molecule has 0 saturated carbocycles. The fourth-order valence-corrected chi connectivity index (χ4v) is 2.71. The van der Waals surface area contributed by atoms with Crippen molar-refractivity contribution in [3.8, 4) is 0 Å². The van der Waals surface area contributed by atoms with Crippen molar-refractivity contribution in [2.24, 2.45) is 5.92 Å². The average molecular weight is 267 g/mol. The summed E-state index contributed by atoms with van der Waals surface area (Å²) in [7, 11) is 2.13. The molecular weight excluding hydrogens is 244 g/mol. The van der Waals surface area contributed by atoms with Crippen molar-refractivity contribution in [2.75, 3.05) is 0 Å². The van der Waals surface area contributed by atoms with Crippen LogP contribution in [0.4, 0.5) is 0 Å². The van der Waals surface area contributed by atoms with Crippen LogP contribution in [0.2, 0.25) is 5.04 Å². The predicted molar refractivity (Wildman–Crippen MR) is 86.4 cm³/mol. The van der Waals surface area contributed by atoms with E-state index in [0.29, 0.717) is 11.0 Å². The number of benzene rings is 2. The molecule has 1 radical (unpaired) electrons. The maximum Gasteiger partial charge on any atom is 0.0160 e. The molecule has 19 heavy (non-hydrogen) atoms. The van der Waals surface area contributed by atoms with Gasteiger partial charge in [0.1, 0.15) is 0 Å². The van der Waals surface area contributed by atoms with Crippen LogP contribution < -0.4 is 0 Å². The van der Waals surface area contributed by atoms with E-state index in [-0.39, 0.29) is 0 Å². The van der Waals surface area contributed by atoms with Crippen molar-refractivity contribution >= 4 is 10.2 Å². The molecule has 0 nitrogen and oxygen atoms in total. The zero-order valence-corrected chi connectivity index (χ0v) is 13.4. The van der Waals surface area contributed by atoms with Gasteiger partial charge in [0, 0.05) is 10.2 Å². The third-order valence-electron chi connectivity index (χ3n) is 3.76. The summed E-state index contributed by atoms with van der Waals surface area (Å²) in [5.41, 5.74) is 2.89. The Morgan fingerprint density at radius 3 is 1.47 bits per heavy atom. The molecule has 2 aromatic carbocycles. The number of hydrogen-bond donors (Lipinski definition) is 0. The van der Waals surface area contributed by atoms with Crippen molar-refractivity contribution in [1.82, 2.24) is 0 Å². The van der Waals surface area contributed by atoms with Gasteiger partial charge in [0.05, 0.1) is 0 Å². The van der Waals surface area contributed by atoms with Crippen LogP contribution in [0.15, 0.2) is 60.7 Å². The minimum absolute atomic E-state index is 0.353. The van der Waals surface area contributed by atoms with Gasteiger partial charge in [0.25, 0.3) is 0 Å². The van der Waals surface area contributed by atoms with E-state index in [1.807, 2.05) is 0 Å². The highest BCUT2D eigenvalue weighted by atomic mass is 28.1. The van der Waals surface area contributed by atoms with Gasteiger partial charge in [-0.15, -0.1) is 0 Å². The van der Waals surface area contributed by atoms with Crippen molar-refractivity contribution in [3.63, 3.8) is 0 Å². The molecule has 0 aliphatic carbocycles. The van der Waals surface area contributed by atoms with E-state index >= 15 is 0 Å². The van der Waals surface area contributed by atoms with Gasteiger partial charge in [-0.25, -0.2) is 0 Å². The monoisotopic (exact) mass is 267 g/mol. The second-order valence-electron chi connectivity index (χ2n) is 6.06. The van der Waals surface area contributed by atoms with Gasteiger partial charge in [-0.1, -0.05) is 74.5 Å². The Morgan fingerprint density at radius 2 is 1.16 bits per heavy atom. The Hall–Kier alpha value is -1.34. The van der Waals surface area contributed by atoms with Crippen LogP contribution in [-0.4, -0.2) is 10.2 Å². The Morgan fingerprint density at radius 1 is 0.789 bits per heavy atom.